The number of carbonyl (C=O) groups excluding carboxylic acids is 1. The van der Waals surface area contributed by atoms with Crippen molar-refractivity contribution in [1.29, 1.82) is 0 Å². The van der Waals surface area contributed by atoms with Crippen molar-refractivity contribution in [3.63, 3.8) is 0 Å². The predicted molar refractivity (Wildman–Crippen MR) is 76.5 cm³/mol. The molecule has 0 bridgehead atoms. The second-order valence-electron chi connectivity index (χ2n) is 6.23. The van der Waals surface area contributed by atoms with E-state index in [0.29, 0.717) is 18.9 Å². The number of carboxylic acids is 1. The fourth-order valence-electron chi connectivity index (χ4n) is 3.32. The van der Waals surface area contributed by atoms with E-state index in [4.69, 9.17) is 5.11 Å². The molecule has 2 aliphatic rings. The van der Waals surface area contributed by atoms with Gasteiger partial charge in [0.2, 0.25) is 0 Å². The van der Waals surface area contributed by atoms with Crippen LogP contribution in [0, 0.1) is 5.92 Å². The van der Waals surface area contributed by atoms with Crippen molar-refractivity contribution in [3.05, 3.63) is 0 Å². The molecule has 5 nitrogen and oxygen atoms in total. The molecule has 5 heteroatoms. The minimum atomic E-state index is -0.698. The van der Waals surface area contributed by atoms with Gasteiger partial charge in [0.15, 0.2) is 0 Å². The highest BCUT2D eigenvalue weighted by Crippen LogP contribution is 2.25. The highest BCUT2D eigenvalue weighted by atomic mass is 16.4. The van der Waals surface area contributed by atoms with Gasteiger partial charge in [0.25, 0.3) is 0 Å². The Morgan fingerprint density at radius 2 is 1.75 bits per heavy atom. The van der Waals surface area contributed by atoms with E-state index in [1.807, 2.05) is 4.90 Å². The van der Waals surface area contributed by atoms with E-state index in [0.717, 1.165) is 32.2 Å². The quantitative estimate of drug-likeness (QED) is 0.818. The third-order valence-electron chi connectivity index (χ3n) is 4.72. The van der Waals surface area contributed by atoms with Gasteiger partial charge in [-0.3, -0.25) is 4.79 Å². The van der Waals surface area contributed by atoms with Crippen molar-refractivity contribution in [1.82, 2.24) is 10.2 Å². The van der Waals surface area contributed by atoms with Crippen LogP contribution in [0.25, 0.3) is 0 Å². The van der Waals surface area contributed by atoms with Crippen molar-refractivity contribution in [2.75, 3.05) is 6.54 Å². The summed E-state index contributed by atoms with van der Waals surface area (Å²) in [6, 6.07) is 0.500. The zero-order valence-electron chi connectivity index (χ0n) is 12.3. The fourth-order valence-corrected chi connectivity index (χ4v) is 3.32. The number of amides is 2. The number of aliphatic carboxylic acids is 1. The number of carboxylic acid groups (broad SMARTS) is 1. The molecule has 1 saturated heterocycles. The van der Waals surface area contributed by atoms with Gasteiger partial charge in [-0.2, -0.15) is 0 Å². The van der Waals surface area contributed by atoms with Gasteiger partial charge < -0.3 is 15.3 Å². The van der Waals surface area contributed by atoms with Gasteiger partial charge in [0.05, 0.1) is 5.92 Å². The average Bonchev–Trinajstić information content (AvgIpc) is 2.64. The molecule has 114 valence electrons. The van der Waals surface area contributed by atoms with Crippen molar-refractivity contribution in [3.8, 4) is 0 Å². The Balaban J connectivity index is 1.81. The van der Waals surface area contributed by atoms with E-state index in [9.17, 15) is 9.59 Å². The van der Waals surface area contributed by atoms with Crippen LogP contribution in [-0.4, -0.2) is 40.6 Å². The number of nitrogens with zero attached hydrogens (tertiary/aromatic N) is 1. The van der Waals surface area contributed by atoms with Gasteiger partial charge >= 0.3 is 12.0 Å². The molecule has 1 unspecified atom stereocenters. The van der Waals surface area contributed by atoms with Crippen LogP contribution < -0.4 is 5.32 Å². The van der Waals surface area contributed by atoms with Crippen LogP contribution in [0.2, 0.25) is 0 Å². The Kier molecular flexibility index (Phi) is 5.26. The molecular formula is C15H26N2O3. The molecule has 0 aromatic heterocycles. The maximum Gasteiger partial charge on any atom is 0.317 e. The zero-order chi connectivity index (χ0) is 14.5. The topological polar surface area (TPSA) is 69.6 Å². The van der Waals surface area contributed by atoms with Gasteiger partial charge in [-0.15, -0.1) is 0 Å². The zero-order valence-corrected chi connectivity index (χ0v) is 12.3. The molecule has 0 spiro atoms. The van der Waals surface area contributed by atoms with Gasteiger partial charge in [0.1, 0.15) is 0 Å². The molecule has 1 heterocycles. The Morgan fingerprint density at radius 3 is 2.40 bits per heavy atom. The van der Waals surface area contributed by atoms with Crippen LogP contribution in [-0.2, 0) is 4.79 Å². The third-order valence-corrected chi connectivity index (χ3v) is 4.72. The number of rotatable bonds is 2. The molecule has 0 aromatic rings. The van der Waals surface area contributed by atoms with Crippen LogP contribution in [0.15, 0.2) is 0 Å². The van der Waals surface area contributed by atoms with Crippen molar-refractivity contribution < 1.29 is 14.7 Å². The smallest absolute Gasteiger partial charge is 0.317 e. The highest BCUT2D eigenvalue weighted by Gasteiger charge is 2.29. The predicted octanol–water partition coefficient (Wildman–Crippen LogP) is 2.60. The van der Waals surface area contributed by atoms with Crippen LogP contribution in [0.4, 0.5) is 4.79 Å². The van der Waals surface area contributed by atoms with Crippen LogP contribution >= 0.6 is 0 Å². The van der Waals surface area contributed by atoms with E-state index in [2.05, 4.69) is 12.2 Å². The molecule has 1 atom stereocenters. The largest absolute Gasteiger partial charge is 0.481 e. The van der Waals surface area contributed by atoms with Gasteiger partial charge in [-0.1, -0.05) is 12.8 Å². The van der Waals surface area contributed by atoms with Gasteiger partial charge in [0, 0.05) is 18.6 Å². The Hall–Kier alpha value is -1.26. The second kappa shape index (κ2) is 6.95. The number of nitrogens with one attached hydrogen (secondary N) is 1. The van der Waals surface area contributed by atoms with Crippen molar-refractivity contribution >= 4 is 12.0 Å². The normalized spacial score (nSPS) is 31.4. The Bertz CT molecular complexity index is 351. The summed E-state index contributed by atoms with van der Waals surface area (Å²) < 4.78 is 0. The Labute approximate surface area is 120 Å². The summed E-state index contributed by atoms with van der Waals surface area (Å²) in [7, 11) is 0. The molecule has 1 saturated carbocycles. The first-order valence-corrected chi connectivity index (χ1v) is 7.88. The first-order chi connectivity index (χ1) is 9.58. The maximum absolute atomic E-state index is 12.3. The molecule has 2 N–H and O–H groups in total. The van der Waals surface area contributed by atoms with Gasteiger partial charge in [-0.05, 0) is 45.4 Å². The number of hydrogen-bond acceptors (Lipinski definition) is 2. The molecule has 2 rings (SSSR count). The van der Waals surface area contributed by atoms with Crippen LogP contribution in [0.1, 0.15) is 58.3 Å². The Morgan fingerprint density at radius 1 is 1.05 bits per heavy atom. The summed E-state index contributed by atoms with van der Waals surface area (Å²) >= 11 is 0. The second-order valence-corrected chi connectivity index (χ2v) is 6.23. The average molecular weight is 282 g/mol. The molecular weight excluding hydrogens is 256 g/mol. The third kappa shape index (κ3) is 3.87. The molecule has 2 amide bonds. The number of hydrogen-bond donors (Lipinski definition) is 2. The molecule has 1 aliphatic carbocycles. The van der Waals surface area contributed by atoms with E-state index >= 15 is 0 Å². The van der Waals surface area contributed by atoms with Gasteiger partial charge in [-0.25, -0.2) is 4.79 Å². The SMILES string of the molecule is CC1CCCCCN1C(=O)NC1CCC(C(=O)O)CC1. The molecule has 0 aromatic carbocycles. The molecule has 2 fully saturated rings. The van der Waals surface area contributed by atoms with E-state index in [1.54, 1.807) is 0 Å². The molecule has 0 radical (unpaired) electrons. The van der Waals surface area contributed by atoms with Crippen LogP contribution in [0.5, 0.6) is 0 Å². The summed E-state index contributed by atoms with van der Waals surface area (Å²) in [5, 5.41) is 12.1. The van der Waals surface area contributed by atoms with E-state index in [1.165, 1.54) is 12.8 Å². The first-order valence-electron chi connectivity index (χ1n) is 7.88. The molecule has 1 aliphatic heterocycles. The highest BCUT2D eigenvalue weighted by molar-refractivity contribution is 5.75. The first kappa shape index (κ1) is 15.1. The van der Waals surface area contributed by atoms with Crippen molar-refractivity contribution in [2.45, 2.75) is 70.4 Å². The summed E-state index contributed by atoms with van der Waals surface area (Å²) in [6.45, 7) is 2.96. The van der Waals surface area contributed by atoms with Crippen LogP contribution in [0.3, 0.4) is 0 Å². The van der Waals surface area contributed by atoms with Crippen molar-refractivity contribution in [2.24, 2.45) is 5.92 Å². The summed E-state index contributed by atoms with van der Waals surface area (Å²) in [5.74, 6) is -0.920. The fraction of sp³-hybridized carbons (Fsp3) is 0.867. The van der Waals surface area contributed by atoms with E-state index in [-0.39, 0.29) is 18.0 Å². The lowest BCUT2D eigenvalue weighted by molar-refractivity contribution is -0.142. The maximum atomic E-state index is 12.3. The number of likely N-dealkylation sites (tertiary alicyclic amines) is 1. The lowest BCUT2D eigenvalue weighted by atomic mass is 9.86. The lowest BCUT2D eigenvalue weighted by Gasteiger charge is -2.32. The standard InChI is InChI=1S/C15H26N2O3/c1-11-5-3-2-4-10-17(11)15(20)16-13-8-6-12(7-9-13)14(18)19/h11-13H,2-10H2,1H3,(H,16,20)(H,18,19). The summed E-state index contributed by atoms with van der Waals surface area (Å²) in [4.78, 5) is 25.2. The van der Waals surface area contributed by atoms with E-state index < -0.39 is 5.97 Å². The minimum Gasteiger partial charge on any atom is -0.481 e. The summed E-state index contributed by atoms with van der Waals surface area (Å²) in [5.41, 5.74) is 0. The number of carbonyl (C=O) groups is 2. The lowest BCUT2D eigenvalue weighted by Crippen LogP contribution is -2.49. The molecule has 20 heavy (non-hydrogen) atoms. The number of urea groups is 1. The minimum absolute atomic E-state index is 0.0400. The monoisotopic (exact) mass is 282 g/mol. The summed E-state index contributed by atoms with van der Waals surface area (Å²) in [6.07, 6.45) is 7.50.